The van der Waals surface area contributed by atoms with Crippen LogP contribution in [0.3, 0.4) is 0 Å². The lowest BCUT2D eigenvalue weighted by Crippen LogP contribution is -2.47. The number of nitriles is 1. The van der Waals surface area contributed by atoms with Crippen LogP contribution in [-0.2, 0) is 10.0 Å². The monoisotopic (exact) mass is 313 g/mol. The summed E-state index contributed by atoms with van der Waals surface area (Å²) in [6.45, 7) is 1.36. The highest BCUT2D eigenvalue weighted by atomic mass is 35.5. The van der Waals surface area contributed by atoms with Crippen LogP contribution in [0.5, 0.6) is 0 Å². The summed E-state index contributed by atoms with van der Waals surface area (Å²) in [6.07, 6.45) is 2.84. The molecule has 0 aliphatic carbocycles. The summed E-state index contributed by atoms with van der Waals surface area (Å²) in [6, 6.07) is 7.19. The molecule has 1 aromatic carbocycles. The molecule has 1 unspecified atom stereocenters. The number of nitrogens with one attached hydrogen (secondary N) is 1. The van der Waals surface area contributed by atoms with E-state index in [0.29, 0.717) is 17.1 Å². The van der Waals surface area contributed by atoms with Gasteiger partial charge in [0.25, 0.3) is 0 Å². The fraction of sp³-hybridized carbons (Fsp3) is 0.462. The Morgan fingerprint density at radius 3 is 2.90 bits per heavy atom. The van der Waals surface area contributed by atoms with E-state index >= 15 is 0 Å². The van der Waals surface area contributed by atoms with Crippen molar-refractivity contribution in [1.29, 1.82) is 5.26 Å². The lowest BCUT2D eigenvalue weighted by atomic mass is 10.0. The summed E-state index contributed by atoms with van der Waals surface area (Å²) >= 11 is 5.89. The average Bonchev–Trinajstić information content (AvgIpc) is 2.36. The van der Waals surface area contributed by atoms with E-state index in [2.05, 4.69) is 10.8 Å². The van der Waals surface area contributed by atoms with Crippen molar-refractivity contribution in [3.05, 3.63) is 28.8 Å². The average molecular weight is 314 g/mol. The molecule has 1 fully saturated rings. The van der Waals surface area contributed by atoms with Gasteiger partial charge in [0.2, 0.25) is 10.0 Å². The van der Waals surface area contributed by atoms with E-state index in [-0.39, 0.29) is 6.04 Å². The highest BCUT2D eigenvalue weighted by molar-refractivity contribution is 7.88. The maximum atomic E-state index is 11.3. The maximum absolute atomic E-state index is 11.3. The number of piperidine rings is 1. The fourth-order valence-electron chi connectivity index (χ4n) is 2.47. The predicted molar refractivity (Wildman–Crippen MR) is 79.4 cm³/mol. The first kappa shape index (κ1) is 15.1. The number of sulfonamides is 1. The van der Waals surface area contributed by atoms with Crippen LogP contribution >= 0.6 is 11.6 Å². The van der Waals surface area contributed by atoms with Crippen LogP contribution in [0.15, 0.2) is 18.2 Å². The van der Waals surface area contributed by atoms with Gasteiger partial charge in [-0.1, -0.05) is 11.6 Å². The number of rotatable bonds is 3. The smallest absolute Gasteiger partial charge is 0.209 e. The van der Waals surface area contributed by atoms with E-state index in [0.717, 1.165) is 31.3 Å². The maximum Gasteiger partial charge on any atom is 0.209 e. The van der Waals surface area contributed by atoms with Crippen LogP contribution in [0.25, 0.3) is 0 Å². The minimum absolute atomic E-state index is 0.124. The molecule has 1 saturated heterocycles. The predicted octanol–water partition coefficient (Wildman–Crippen LogP) is 1.73. The summed E-state index contributed by atoms with van der Waals surface area (Å²) in [5.74, 6) is 0. The van der Waals surface area contributed by atoms with Gasteiger partial charge in [0.15, 0.2) is 0 Å². The third-order valence-electron chi connectivity index (χ3n) is 3.22. The van der Waals surface area contributed by atoms with Crippen LogP contribution < -0.4 is 9.62 Å². The molecule has 108 valence electrons. The lowest BCUT2D eigenvalue weighted by Gasteiger charge is -2.34. The van der Waals surface area contributed by atoms with Crippen molar-refractivity contribution in [2.75, 3.05) is 24.2 Å². The lowest BCUT2D eigenvalue weighted by molar-refractivity contribution is 0.467. The number of anilines is 1. The number of hydrogen-bond donors (Lipinski definition) is 1. The minimum Gasteiger partial charge on any atom is -0.369 e. The molecule has 1 aliphatic rings. The van der Waals surface area contributed by atoms with Crippen molar-refractivity contribution in [2.24, 2.45) is 0 Å². The van der Waals surface area contributed by atoms with Gasteiger partial charge in [0.05, 0.1) is 17.5 Å². The molecule has 20 heavy (non-hydrogen) atoms. The molecule has 1 aliphatic heterocycles. The Balaban J connectivity index is 2.19. The van der Waals surface area contributed by atoms with Crippen molar-refractivity contribution in [1.82, 2.24) is 4.72 Å². The molecule has 0 saturated carbocycles. The topological polar surface area (TPSA) is 73.2 Å². The molecule has 1 aromatic rings. The summed E-state index contributed by atoms with van der Waals surface area (Å²) < 4.78 is 25.3. The van der Waals surface area contributed by atoms with Crippen LogP contribution in [-0.4, -0.2) is 33.8 Å². The van der Waals surface area contributed by atoms with Gasteiger partial charge in [-0.15, -0.1) is 0 Å². The van der Waals surface area contributed by atoms with Gasteiger partial charge < -0.3 is 4.90 Å². The molecule has 5 nitrogen and oxygen atoms in total. The van der Waals surface area contributed by atoms with Crippen molar-refractivity contribution >= 4 is 27.3 Å². The van der Waals surface area contributed by atoms with E-state index in [1.54, 1.807) is 12.1 Å². The Labute approximate surface area is 124 Å². The van der Waals surface area contributed by atoms with Gasteiger partial charge in [-0.3, -0.25) is 0 Å². The molecule has 0 spiro atoms. The summed E-state index contributed by atoms with van der Waals surface area (Å²) in [5, 5.41) is 9.70. The van der Waals surface area contributed by atoms with E-state index in [1.807, 2.05) is 11.0 Å². The van der Waals surface area contributed by atoms with E-state index in [1.165, 1.54) is 0 Å². The first-order valence-corrected chi connectivity index (χ1v) is 8.58. The Kier molecular flexibility index (Phi) is 4.53. The van der Waals surface area contributed by atoms with E-state index < -0.39 is 10.0 Å². The quantitative estimate of drug-likeness (QED) is 0.922. The number of nitrogens with zero attached hydrogens (tertiary/aromatic N) is 2. The second-order valence-electron chi connectivity index (χ2n) is 4.95. The molecule has 1 N–H and O–H groups in total. The van der Waals surface area contributed by atoms with Gasteiger partial charge in [-0.05, 0) is 31.0 Å². The second kappa shape index (κ2) is 6.00. The van der Waals surface area contributed by atoms with Crippen LogP contribution in [0, 0.1) is 11.3 Å². The number of hydrogen-bond acceptors (Lipinski definition) is 4. The summed E-state index contributed by atoms with van der Waals surface area (Å²) in [5.41, 5.74) is 1.31. The fourth-order valence-corrected chi connectivity index (χ4v) is 3.44. The first-order valence-electron chi connectivity index (χ1n) is 6.31. The molecule has 0 bridgehead atoms. The van der Waals surface area contributed by atoms with Crippen molar-refractivity contribution in [3.8, 4) is 6.07 Å². The number of benzene rings is 1. The third kappa shape index (κ3) is 3.85. The normalized spacial score (nSPS) is 19.6. The Bertz CT molecular complexity index is 640. The standard InChI is InChI=1S/C13H16ClN3O2S/c1-20(18,19)16-12-3-2-6-17(9-12)13-5-4-11(14)7-10(13)8-15/h4-5,7,12,16H,2-3,6,9H2,1H3. The molecule has 0 aromatic heterocycles. The number of halogens is 1. The van der Waals surface area contributed by atoms with Crippen LogP contribution in [0.1, 0.15) is 18.4 Å². The summed E-state index contributed by atoms with van der Waals surface area (Å²) in [7, 11) is -3.21. The molecule has 0 radical (unpaired) electrons. The largest absolute Gasteiger partial charge is 0.369 e. The second-order valence-corrected chi connectivity index (χ2v) is 7.16. The van der Waals surface area contributed by atoms with Gasteiger partial charge in [-0.2, -0.15) is 5.26 Å². The zero-order chi connectivity index (χ0) is 14.8. The molecular weight excluding hydrogens is 298 g/mol. The highest BCUT2D eigenvalue weighted by Crippen LogP contribution is 2.26. The zero-order valence-corrected chi connectivity index (χ0v) is 12.7. The van der Waals surface area contributed by atoms with E-state index in [4.69, 9.17) is 11.6 Å². The van der Waals surface area contributed by atoms with Gasteiger partial charge in [0.1, 0.15) is 6.07 Å². The van der Waals surface area contributed by atoms with Crippen molar-refractivity contribution < 1.29 is 8.42 Å². The molecular formula is C13H16ClN3O2S. The van der Waals surface area contributed by atoms with Gasteiger partial charge in [-0.25, -0.2) is 13.1 Å². The van der Waals surface area contributed by atoms with Gasteiger partial charge >= 0.3 is 0 Å². The highest BCUT2D eigenvalue weighted by Gasteiger charge is 2.23. The Morgan fingerprint density at radius 2 is 2.25 bits per heavy atom. The van der Waals surface area contributed by atoms with Crippen LogP contribution in [0.4, 0.5) is 5.69 Å². The molecule has 1 atom stereocenters. The zero-order valence-electron chi connectivity index (χ0n) is 11.1. The van der Waals surface area contributed by atoms with Gasteiger partial charge in [0, 0.05) is 24.2 Å². The third-order valence-corrected chi connectivity index (χ3v) is 4.22. The Hall–Kier alpha value is -1.29. The molecule has 7 heteroatoms. The van der Waals surface area contributed by atoms with Crippen molar-refractivity contribution in [3.63, 3.8) is 0 Å². The Morgan fingerprint density at radius 1 is 1.50 bits per heavy atom. The molecule has 0 amide bonds. The minimum atomic E-state index is -3.21. The molecule has 2 rings (SSSR count). The molecule has 1 heterocycles. The summed E-state index contributed by atoms with van der Waals surface area (Å²) in [4.78, 5) is 2.03. The van der Waals surface area contributed by atoms with E-state index in [9.17, 15) is 13.7 Å². The SMILES string of the molecule is CS(=O)(=O)NC1CCCN(c2ccc(Cl)cc2C#N)C1. The first-order chi connectivity index (χ1) is 9.39. The van der Waals surface area contributed by atoms with Crippen LogP contribution in [0.2, 0.25) is 5.02 Å². The van der Waals surface area contributed by atoms with Crippen molar-refractivity contribution in [2.45, 2.75) is 18.9 Å².